The zero-order valence-corrected chi connectivity index (χ0v) is 16.9. The smallest absolute Gasteiger partial charge is 0.253 e. The second-order valence-corrected chi connectivity index (χ2v) is 7.71. The lowest BCUT2D eigenvalue weighted by Crippen LogP contribution is -2.43. The van der Waals surface area contributed by atoms with Gasteiger partial charge in [-0.05, 0) is 61.7 Å². The number of hydrogen-bond acceptors (Lipinski definition) is 4. The van der Waals surface area contributed by atoms with E-state index in [2.05, 4.69) is 5.32 Å². The fourth-order valence-electron chi connectivity index (χ4n) is 3.86. The molecule has 4 rings (SSSR count). The molecule has 1 fully saturated rings. The summed E-state index contributed by atoms with van der Waals surface area (Å²) < 4.78 is 24.2. The second kappa shape index (κ2) is 8.73. The Kier molecular flexibility index (Phi) is 5.88. The van der Waals surface area contributed by atoms with E-state index in [9.17, 15) is 14.0 Å². The molecule has 0 spiro atoms. The lowest BCUT2D eigenvalue weighted by molar-refractivity contribution is -0.127. The van der Waals surface area contributed by atoms with Crippen molar-refractivity contribution in [2.24, 2.45) is 5.92 Å². The third-order valence-electron chi connectivity index (χ3n) is 5.67. The van der Waals surface area contributed by atoms with Crippen molar-refractivity contribution in [3.05, 3.63) is 59.4 Å². The first-order valence-electron chi connectivity index (χ1n) is 10.3. The fraction of sp³-hybridized carbons (Fsp3) is 0.391. The first-order valence-corrected chi connectivity index (χ1v) is 10.3. The predicted octanol–water partition coefficient (Wildman–Crippen LogP) is 3.33. The highest BCUT2D eigenvalue weighted by atomic mass is 19.1. The average Bonchev–Trinajstić information content (AvgIpc) is 2.79. The number of rotatable bonds is 4. The van der Waals surface area contributed by atoms with Gasteiger partial charge in [-0.25, -0.2) is 4.39 Å². The van der Waals surface area contributed by atoms with Crippen LogP contribution in [0.25, 0.3) is 0 Å². The third-order valence-corrected chi connectivity index (χ3v) is 5.67. The molecule has 0 aliphatic carbocycles. The summed E-state index contributed by atoms with van der Waals surface area (Å²) in [4.78, 5) is 27.0. The molecule has 1 saturated heterocycles. The van der Waals surface area contributed by atoms with Gasteiger partial charge in [0.05, 0.1) is 6.04 Å². The van der Waals surface area contributed by atoms with Crippen molar-refractivity contribution in [3.8, 4) is 11.5 Å². The highest BCUT2D eigenvalue weighted by Gasteiger charge is 2.28. The number of halogens is 1. The molecule has 2 aromatic carbocycles. The van der Waals surface area contributed by atoms with E-state index in [1.165, 1.54) is 24.3 Å². The molecule has 2 heterocycles. The summed E-state index contributed by atoms with van der Waals surface area (Å²) in [5.41, 5.74) is 1.42. The maximum absolute atomic E-state index is 13.1. The van der Waals surface area contributed by atoms with E-state index >= 15 is 0 Å². The van der Waals surface area contributed by atoms with E-state index in [4.69, 9.17) is 9.47 Å². The van der Waals surface area contributed by atoms with Crippen LogP contribution in [0.3, 0.4) is 0 Å². The van der Waals surface area contributed by atoms with Crippen LogP contribution in [0.5, 0.6) is 11.5 Å². The van der Waals surface area contributed by atoms with Crippen LogP contribution in [0.15, 0.2) is 42.5 Å². The molecule has 0 aromatic heterocycles. The Morgan fingerprint density at radius 1 is 1.03 bits per heavy atom. The van der Waals surface area contributed by atoms with Crippen LogP contribution in [-0.2, 0) is 4.79 Å². The Labute approximate surface area is 175 Å². The summed E-state index contributed by atoms with van der Waals surface area (Å²) in [6, 6.07) is 11.1. The van der Waals surface area contributed by atoms with Gasteiger partial charge in [-0.2, -0.15) is 0 Å². The highest BCUT2D eigenvalue weighted by molar-refractivity contribution is 5.94. The Bertz CT molecular complexity index is 923. The van der Waals surface area contributed by atoms with Crippen molar-refractivity contribution in [1.29, 1.82) is 0 Å². The minimum Gasteiger partial charge on any atom is -0.486 e. The number of likely N-dealkylation sites (tertiary alicyclic amines) is 1. The predicted molar refractivity (Wildman–Crippen MR) is 109 cm³/mol. The van der Waals surface area contributed by atoms with Crippen molar-refractivity contribution in [2.75, 3.05) is 26.3 Å². The van der Waals surface area contributed by atoms with Gasteiger partial charge in [0.25, 0.3) is 5.91 Å². The van der Waals surface area contributed by atoms with Crippen molar-refractivity contribution < 1.29 is 23.5 Å². The Morgan fingerprint density at radius 3 is 2.40 bits per heavy atom. The van der Waals surface area contributed by atoms with Gasteiger partial charge in [0.2, 0.25) is 5.91 Å². The molecule has 1 atom stereocenters. The van der Waals surface area contributed by atoms with E-state index < -0.39 is 0 Å². The van der Waals surface area contributed by atoms with Gasteiger partial charge in [0, 0.05) is 24.6 Å². The molecule has 30 heavy (non-hydrogen) atoms. The summed E-state index contributed by atoms with van der Waals surface area (Å²) >= 11 is 0. The fourth-order valence-corrected chi connectivity index (χ4v) is 3.86. The number of benzene rings is 2. The number of fused-ring (bicyclic) bond motifs is 1. The molecule has 1 unspecified atom stereocenters. The van der Waals surface area contributed by atoms with Gasteiger partial charge in [-0.3, -0.25) is 9.59 Å². The number of nitrogens with one attached hydrogen (secondary N) is 1. The number of carbonyl (C=O) groups is 2. The molecule has 2 aliphatic heterocycles. The molecule has 7 heteroatoms. The van der Waals surface area contributed by atoms with Crippen LogP contribution in [0, 0.1) is 11.7 Å². The summed E-state index contributed by atoms with van der Waals surface area (Å²) in [6.45, 7) is 4.02. The molecule has 0 saturated carbocycles. The normalized spacial score (nSPS) is 17.3. The number of ether oxygens (including phenoxy) is 2. The summed E-state index contributed by atoms with van der Waals surface area (Å²) in [5, 5.41) is 3.07. The average molecular weight is 412 g/mol. The van der Waals surface area contributed by atoms with Crippen molar-refractivity contribution in [2.45, 2.75) is 25.8 Å². The van der Waals surface area contributed by atoms with Gasteiger partial charge in [-0.15, -0.1) is 0 Å². The quantitative estimate of drug-likeness (QED) is 0.837. The minimum absolute atomic E-state index is 0.00808. The lowest BCUT2D eigenvalue weighted by Gasteiger charge is -2.32. The topological polar surface area (TPSA) is 67.9 Å². The molecule has 0 bridgehead atoms. The van der Waals surface area contributed by atoms with E-state index in [1.54, 1.807) is 4.90 Å². The molecule has 0 radical (unpaired) electrons. The molecule has 1 N–H and O–H groups in total. The van der Waals surface area contributed by atoms with Gasteiger partial charge >= 0.3 is 0 Å². The van der Waals surface area contributed by atoms with Crippen molar-refractivity contribution in [3.63, 3.8) is 0 Å². The summed E-state index contributed by atoms with van der Waals surface area (Å²) in [6.07, 6.45) is 1.21. The maximum Gasteiger partial charge on any atom is 0.253 e. The van der Waals surface area contributed by atoms with Crippen molar-refractivity contribution in [1.82, 2.24) is 10.2 Å². The molecule has 2 amide bonds. The lowest BCUT2D eigenvalue weighted by atomic mass is 9.94. The van der Waals surface area contributed by atoms with E-state index in [-0.39, 0.29) is 29.6 Å². The minimum atomic E-state index is -0.367. The first kappa shape index (κ1) is 20.2. The number of hydrogen-bond donors (Lipinski definition) is 1. The van der Waals surface area contributed by atoms with Crippen LogP contribution >= 0.6 is 0 Å². The molecule has 2 aromatic rings. The molecular weight excluding hydrogens is 387 g/mol. The molecule has 2 aliphatic rings. The Hall–Kier alpha value is -3.09. The van der Waals surface area contributed by atoms with Crippen LogP contribution < -0.4 is 14.8 Å². The number of nitrogens with zero attached hydrogens (tertiary/aromatic N) is 1. The highest BCUT2D eigenvalue weighted by Crippen LogP contribution is 2.32. The zero-order valence-electron chi connectivity index (χ0n) is 16.9. The molecule has 6 nitrogen and oxygen atoms in total. The van der Waals surface area contributed by atoms with Gasteiger partial charge in [0.15, 0.2) is 11.5 Å². The number of amides is 2. The van der Waals surface area contributed by atoms with Gasteiger partial charge in [-0.1, -0.05) is 6.07 Å². The van der Waals surface area contributed by atoms with Crippen molar-refractivity contribution >= 4 is 11.8 Å². The van der Waals surface area contributed by atoms with Crippen LogP contribution in [-0.4, -0.2) is 43.0 Å². The van der Waals surface area contributed by atoms with Crippen LogP contribution in [0.2, 0.25) is 0 Å². The largest absolute Gasteiger partial charge is 0.486 e. The van der Waals surface area contributed by atoms with E-state index in [1.807, 2.05) is 25.1 Å². The Morgan fingerprint density at radius 2 is 1.70 bits per heavy atom. The zero-order chi connectivity index (χ0) is 21.1. The molecular formula is C23H25FN2O4. The second-order valence-electron chi connectivity index (χ2n) is 7.71. The first-order chi connectivity index (χ1) is 14.5. The number of piperidine rings is 1. The monoisotopic (exact) mass is 412 g/mol. The molecule has 158 valence electrons. The SMILES string of the molecule is CC(NC(=O)C1CCN(C(=O)c2ccc(F)cc2)CC1)c1ccc2c(c1)OCCO2. The maximum atomic E-state index is 13.1. The third kappa shape index (κ3) is 4.40. The van der Waals surface area contributed by atoms with Gasteiger partial charge < -0.3 is 19.7 Å². The Balaban J connectivity index is 1.31. The van der Waals surface area contributed by atoms with E-state index in [0.717, 1.165) is 11.3 Å². The van der Waals surface area contributed by atoms with E-state index in [0.29, 0.717) is 50.5 Å². The van der Waals surface area contributed by atoms with Gasteiger partial charge in [0.1, 0.15) is 19.0 Å². The summed E-state index contributed by atoms with van der Waals surface area (Å²) in [5.74, 6) is 0.787. The number of carbonyl (C=O) groups excluding carboxylic acids is 2. The standard InChI is InChI=1S/C23H25FN2O4/c1-15(18-4-7-20-21(14-18)30-13-12-29-20)25-22(27)16-8-10-26(11-9-16)23(28)17-2-5-19(24)6-3-17/h2-7,14-16H,8-13H2,1H3,(H,25,27). The van der Waals surface area contributed by atoms with Crippen LogP contribution in [0.1, 0.15) is 41.7 Å². The van der Waals surface area contributed by atoms with Crippen LogP contribution in [0.4, 0.5) is 4.39 Å². The summed E-state index contributed by atoms with van der Waals surface area (Å²) in [7, 11) is 0.